The van der Waals surface area contributed by atoms with E-state index in [0.717, 1.165) is 71.9 Å². The average Bonchev–Trinajstić information content (AvgIpc) is 3.88. The van der Waals surface area contributed by atoms with Gasteiger partial charge in [0.05, 0.1) is 27.8 Å². The number of nitrogens with zero attached hydrogens (tertiary/aromatic N) is 5. The van der Waals surface area contributed by atoms with Gasteiger partial charge in [0.2, 0.25) is 5.95 Å². The summed E-state index contributed by atoms with van der Waals surface area (Å²) in [5.74, 6) is 1.73. The molecule has 0 aliphatic heterocycles. The fourth-order valence-corrected chi connectivity index (χ4v) is 9.24. The van der Waals surface area contributed by atoms with E-state index in [1.807, 2.05) is 0 Å². The first kappa shape index (κ1) is 35.5. The maximum atomic E-state index is 5.48. The number of rotatable bonds is 7. The molecule has 5 nitrogen and oxygen atoms in total. The smallest absolute Gasteiger partial charge is 0.238 e. The third-order valence-electron chi connectivity index (χ3n) is 12.0. The molecule has 0 unspecified atom stereocenters. The summed E-state index contributed by atoms with van der Waals surface area (Å²) in [5.41, 5.74) is 13.9. The number of hydrogen-bond donors (Lipinski definition) is 0. The lowest BCUT2D eigenvalue weighted by Crippen LogP contribution is -2.08. The molecule has 0 bridgehead atoms. The van der Waals surface area contributed by atoms with Gasteiger partial charge in [-0.1, -0.05) is 176 Å². The van der Waals surface area contributed by atoms with Gasteiger partial charge >= 0.3 is 0 Å². The highest BCUT2D eigenvalue weighted by Crippen LogP contribution is 2.42. The van der Waals surface area contributed by atoms with E-state index in [1.54, 1.807) is 0 Å². The summed E-state index contributed by atoms with van der Waals surface area (Å²) < 4.78 is 4.56. The van der Waals surface area contributed by atoms with E-state index in [1.165, 1.54) is 21.9 Å². The van der Waals surface area contributed by atoms with Gasteiger partial charge in [0.1, 0.15) is 0 Å². The Labute approximate surface area is 358 Å². The Morgan fingerprint density at radius 1 is 0.274 bits per heavy atom. The number of hydrogen-bond acceptors (Lipinski definition) is 3. The molecule has 12 aromatic rings. The van der Waals surface area contributed by atoms with Crippen molar-refractivity contribution >= 4 is 43.6 Å². The maximum Gasteiger partial charge on any atom is 0.238 e. The molecule has 9 aromatic carbocycles. The molecule has 3 heterocycles. The van der Waals surface area contributed by atoms with Gasteiger partial charge in [-0.3, -0.25) is 4.57 Å². The molecule has 0 aliphatic rings. The zero-order valence-corrected chi connectivity index (χ0v) is 33.6. The molecule has 5 heteroatoms. The molecular formula is C57H37N5. The van der Waals surface area contributed by atoms with Gasteiger partial charge in [-0.2, -0.15) is 9.97 Å². The molecule has 0 spiro atoms. The first-order valence-electron chi connectivity index (χ1n) is 21.0. The quantitative estimate of drug-likeness (QED) is 0.162. The summed E-state index contributed by atoms with van der Waals surface area (Å²) in [4.78, 5) is 16.4. The molecule has 0 radical (unpaired) electrons. The van der Waals surface area contributed by atoms with Crippen LogP contribution in [0.3, 0.4) is 0 Å². The minimum Gasteiger partial charge on any atom is -0.308 e. The van der Waals surface area contributed by atoms with Crippen LogP contribution in [0, 0.1) is 0 Å². The predicted molar refractivity (Wildman–Crippen MR) is 256 cm³/mol. The molecular weight excluding hydrogens is 755 g/mol. The van der Waals surface area contributed by atoms with Crippen molar-refractivity contribution in [2.24, 2.45) is 0 Å². The highest BCUT2D eigenvalue weighted by molar-refractivity contribution is 6.16. The van der Waals surface area contributed by atoms with E-state index in [9.17, 15) is 0 Å². The normalized spacial score (nSPS) is 11.5. The fourth-order valence-electron chi connectivity index (χ4n) is 9.24. The van der Waals surface area contributed by atoms with E-state index >= 15 is 0 Å². The van der Waals surface area contributed by atoms with Crippen molar-refractivity contribution < 1.29 is 0 Å². The zero-order valence-electron chi connectivity index (χ0n) is 33.6. The predicted octanol–water partition coefficient (Wildman–Crippen LogP) is 14.4. The summed E-state index contributed by atoms with van der Waals surface area (Å²) in [6.07, 6.45) is 0. The molecule has 0 saturated heterocycles. The zero-order chi connectivity index (χ0) is 41.0. The Morgan fingerprint density at radius 2 is 0.758 bits per heavy atom. The molecule has 0 atom stereocenters. The van der Waals surface area contributed by atoms with Crippen molar-refractivity contribution in [1.82, 2.24) is 24.1 Å². The highest BCUT2D eigenvalue weighted by atomic mass is 15.2. The van der Waals surface area contributed by atoms with Gasteiger partial charge in [0.15, 0.2) is 11.6 Å². The van der Waals surface area contributed by atoms with E-state index in [2.05, 4.69) is 234 Å². The van der Waals surface area contributed by atoms with E-state index in [4.69, 9.17) is 15.0 Å². The van der Waals surface area contributed by atoms with Crippen molar-refractivity contribution in [3.63, 3.8) is 0 Å². The Hall–Kier alpha value is -8.41. The molecule has 290 valence electrons. The molecule has 3 aromatic heterocycles. The van der Waals surface area contributed by atoms with Crippen LogP contribution < -0.4 is 0 Å². The van der Waals surface area contributed by atoms with Crippen molar-refractivity contribution in [3.05, 3.63) is 224 Å². The maximum absolute atomic E-state index is 5.48. The lowest BCUT2D eigenvalue weighted by atomic mass is 9.94. The largest absolute Gasteiger partial charge is 0.308 e. The van der Waals surface area contributed by atoms with E-state index < -0.39 is 0 Å². The Kier molecular flexibility index (Phi) is 8.42. The molecule has 0 N–H and O–H groups in total. The van der Waals surface area contributed by atoms with Gasteiger partial charge in [-0.25, -0.2) is 4.98 Å². The van der Waals surface area contributed by atoms with Crippen molar-refractivity contribution in [1.29, 1.82) is 0 Å². The first-order valence-corrected chi connectivity index (χ1v) is 21.0. The van der Waals surface area contributed by atoms with Gasteiger partial charge in [0.25, 0.3) is 0 Å². The van der Waals surface area contributed by atoms with Gasteiger partial charge in [-0.05, 0) is 81.9 Å². The lowest BCUT2D eigenvalue weighted by molar-refractivity contribution is 0.952. The molecule has 0 aliphatic carbocycles. The van der Waals surface area contributed by atoms with Crippen LogP contribution in [0.2, 0.25) is 0 Å². The molecule has 0 amide bonds. The van der Waals surface area contributed by atoms with E-state index in [-0.39, 0.29) is 0 Å². The van der Waals surface area contributed by atoms with Crippen molar-refractivity contribution in [2.75, 3.05) is 0 Å². The van der Waals surface area contributed by atoms with Crippen LogP contribution in [-0.4, -0.2) is 24.1 Å². The number of fused-ring (bicyclic) bond motifs is 6. The van der Waals surface area contributed by atoms with Gasteiger partial charge < -0.3 is 4.57 Å². The van der Waals surface area contributed by atoms with Crippen molar-refractivity contribution in [3.8, 4) is 67.8 Å². The average molecular weight is 792 g/mol. The van der Waals surface area contributed by atoms with Crippen LogP contribution in [-0.2, 0) is 0 Å². The number of para-hydroxylation sites is 4. The van der Waals surface area contributed by atoms with Crippen molar-refractivity contribution in [2.45, 2.75) is 0 Å². The summed E-state index contributed by atoms with van der Waals surface area (Å²) in [5, 5.41) is 4.68. The summed E-state index contributed by atoms with van der Waals surface area (Å²) in [6.45, 7) is 0. The molecule has 62 heavy (non-hydrogen) atoms. The highest BCUT2D eigenvalue weighted by Gasteiger charge is 2.23. The van der Waals surface area contributed by atoms with E-state index in [0.29, 0.717) is 17.6 Å². The van der Waals surface area contributed by atoms with Crippen LogP contribution in [0.5, 0.6) is 0 Å². The van der Waals surface area contributed by atoms with Crippen LogP contribution in [0.4, 0.5) is 0 Å². The van der Waals surface area contributed by atoms with Crippen LogP contribution in [0.15, 0.2) is 224 Å². The van der Waals surface area contributed by atoms with Crippen LogP contribution in [0.25, 0.3) is 111 Å². The Bertz CT molecular complexity index is 3570. The third-order valence-corrected chi connectivity index (χ3v) is 12.0. The lowest BCUT2D eigenvalue weighted by Gasteiger charge is -2.17. The first-order chi connectivity index (χ1) is 30.8. The summed E-state index contributed by atoms with van der Waals surface area (Å²) >= 11 is 0. The molecule has 12 rings (SSSR count). The third kappa shape index (κ3) is 5.82. The summed E-state index contributed by atoms with van der Waals surface area (Å²) in [7, 11) is 0. The minimum atomic E-state index is 0.553. The number of benzene rings is 9. The van der Waals surface area contributed by atoms with Crippen LogP contribution in [0.1, 0.15) is 0 Å². The van der Waals surface area contributed by atoms with Gasteiger partial charge in [-0.15, -0.1) is 0 Å². The van der Waals surface area contributed by atoms with Gasteiger partial charge in [0, 0.05) is 32.7 Å². The second-order valence-electron chi connectivity index (χ2n) is 15.6. The number of aromatic nitrogens is 5. The summed E-state index contributed by atoms with van der Waals surface area (Å²) in [6, 6.07) is 79.1. The molecule has 0 fully saturated rings. The van der Waals surface area contributed by atoms with Crippen LogP contribution >= 0.6 is 0 Å². The SMILES string of the molecule is c1ccc(-c2ccc(-c3nc(-c4ccccc4-n4c5ccccc5c5c(-c6ccccc6)cccc54)nc(-n4c5ccccc5c5ccccc54)n3)c(-c3ccccc3)c2)cc1. The Balaban J connectivity index is 1.15. The standard InChI is InChI=1S/C57H37N5/c1-4-19-38(20-5-1)41-35-36-45(48(37-41)40-23-8-3-9-24-40)55-58-56(60-57(59-55)62-49-30-14-10-25-43(49)44-26-11-15-31-50(44)62)47-28-13-17-33-52(47)61-51-32-16-12-27-46(51)54-42(29-18-34-53(54)61)39-21-6-2-7-22-39/h1-37H. The second-order valence-corrected chi connectivity index (χ2v) is 15.6. The fraction of sp³-hybridized carbons (Fsp3) is 0. The topological polar surface area (TPSA) is 48.5 Å². The Morgan fingerprint density at radius 3 is 1.42 bits per heavy atom. The minimum absolute atomic E-state index is 0.553. The second kappa shape index (κ2) is 14.7. The molecule has 0 saturated carbocycles. The monoisotopic (exact) mass is 791 g/mol.